The molecule has 2 aliphatic rings. The van der Waals surface area contributed by atoms with Crippen LogP contribution in [0.15, 0.2) is 12.5 Å². The summed E-state index contributed by atoms with van der Waals surface area (Å²) >= 11 is 0. The van der Waals surface area contributed by atoms with Crippen LogP contribution in [0.3, 0.4) is 0 Å². The van der Waals surface area contributed by atoms with Gasteiger partial charge in [-0.05, 0) is 19.3 Å². The molecule has 0 saturated heterocycles. The summed E-state index contributed by atoms with van der Waals surface area (Å²) in [4.78, 5) is 4.11. The Hall–Kier alpha value is -0.880. The zero-order valence-corrected chi connectivity index (χ0v) is 11.9. The zero-order valence-electron chi connectivity index (χ0n) is 11.1. The summed E-state index contributed by atoms with van der Waals surface area (Å²) in [6.07, 6.45) is 10.2. The summed E-state index contributed by atoms with van der Waals surface area (Å²) in [5, 5.41) is -0.173. The van der Waals surface area contributed by atoms with Gasteiger partial charge in [0.15, 0.2) is 0 Å². The Labute approximate surface area is 114 Å². The van der Waals surface area contributed by atoms with Crippen LogP contribution in [0.4, 0.5) is 0 Å². The minimum Gasteiger partial charge on any atom is -0.334 e. The molecule has 0 bridgehead atoms. The first-order valence-electron chi connectivity index (χ1n) is 7.15. The summed E-state index contributed by atoms with van der Waals surface area (Å²) in [5.41, 5.74) is 1.13. The number of hydrogen-bond acceptors (Lipinski definition) is 3. The summed E-state index contributed by atoms with van der Waals surface area (Å²) in [7, 11) is -3.15. The molecule has 1 aliphatic carbocycles. The van der Waals surface area contributed by atoms with Crippen LogP contribution in [0, 0.1) is 0 Å². The smallest absolute Gasteiger partial charge is 0.214 e. The molecule has 1 N–H and O–H groups in total. The van der Waals surface area contributed by atoms with E-state index in [0.29, 0.717) is 0 Å². The highest BCUT2D eigenvalue weighted by atomic mass is 32.2. The van der Waals surface area contributed by atoms with Crippen molar-refractivity contribution in [2.75, 3.05) is 0 Å². The van der Waals surface area contributed by atoms with Crippen LogP contribution in [0.2, 0.25) is 0 Å². The van der Waals surface area contributed by atoms with Gasteiger partial charge in [0.1, 0.15) is 0 Å². The molecule has 1 aliphatic heterocycles. The summed E-state index contributed by atoms with van der Waals surface area (Å²) in [5.74, 6) is 0. The van der Waals surface area contributed by atoms with Crippen molar-refractivity contribution < 1.29 is 8.42 Å². The van der Waals surface area contributed by atoms with Crippen LogP contribution in [0.1, 0.15) is 44.2 Å². The van der Waals surface area contributed by atoms with Gasteiger partial charge in [-0.1, -0.05) is 19.3 Å². The number of nitrogens with zero attached hydrogens (tertiary/aromatic N) is 2. The van der Waals surface area contributed by atoms with E-state index in [-0.39, 0.29) is 11.3 Å². The molecule has 2 heterocycles. The molecule has 1 atom stereocenters. The number of hydrogen-bond donors (Lipinski definition) is 1. The van der Waals surface area contributed by atoms with Gasteiger partial charge in [0.2, 0.25) is 10.0 Å². The fourth-order valence-corrected chi connectivity index (χ4v) is 4.99. The van der Waals surface area contributed by atoms with Gasteiger partial charge in [-0.3, -0.25) is 0 Å². The van der Waals surface area contributed by atoms with E-state index in [1.54, 1.807) is 0 Å². The van der Waals surface area contributed by atoms with Gasteiger partial charge >= 0.3 is 0 Å². The number of nitrogens with one attached hydrogen (secondary N) is 1. The minimum absolute atomic E-state index is 0.0381. The van der Waals surface area contributed by atoms with E-state index in [2.05, 4.69) is 14.3 Å². The molecule has 0 unspecified atom stereocenters. The van der Waals surface area contributed by atoms with E-state index in [4.69, 9.17) is 0 Å². The van der Waals surface area contributed by atoms with Crippen molar-refractivity contribution in [1.29, 1.82) is 0 Å². The van der Waals surface area contributed by atoms with Gasteiger partial charge in [-0.25, -0.2) is 18.1 Å². The molecule has 0 spiro atoms. The quantitative estimate of drug-likeness (QED) is 0.913. The lowest BCUT2D eigenvalue weighted by Gasteiger charge is -2.28. The van der Waals surface area contributed by atoms with Crippen molar-refractivity contribution in [2.24, 2.45) is 0 Å². The van der Waals surface area contributed by atoms with E-state index < -0.39 is 10.0 Å². The van der Waals surface area contributed by atoms with Crippen molar-refractivity contribution >= 4 is 10.0 Å². The molecule has 1 saturated carbocycles. The van der Waals surface area contributed by atoms with E-state index >= 15 is 0 Å². The number of aryl methyl sites for hydroxylation is 1. The summed E-state index contributed by atoms with van der Waals surface area (Å²) in [6.45, 7) is 0.854. The molecule has 6 heteroatoms. The average Bonchev–Trinajstić information content (AvgIpc) is 2.87. The second-order valence-corrected chi connectivity index (χ2v) is 7.68. The van der Waals surface area contributed by atoms with Gasteiger partial charge in [0.25, 0.3) is 0 Å². The van der Waals surface area contributed by atoms with E-state index in [1.807, 2.05) is 12.5 Å². The topological polar surface area (TPSA) is 64.0 Å². The number of imidazole rings is 1. The second-order valence-electron chi connectivity index (χ2n) is 5.69. The monoisotopic (exact) mass is 283 g/mol. The Morgan fingerprint density at radius 2 is 2.00 bits per heavy atom. The molecule has 5 nitrogen and oxygen atoms in total. The number of rotatable bonds is 3. The average molecular weight is 283 g/mol. The Kier molecular flexibility index (Phi) is 3.62. The van der Waals surface area contributed by atoms with Crippen LogP contribution >= 0.6 is 0 Å². The number of fused-ring (bicyclic) bond motifs is 1. The Balaban J connectivity index is 1.65. The Morgan fingerprint density at radius 1 is 1.21 bits per heavy atom. The first kappa shape index (κ1) is 13.1. The highest BCUT2D eigenvalue weighted by Gasteiger charge is 2.30. The molecule has 19 heavy (non-hydrogen) atoms. The number of sulfonamides is 1. The first-order chi connectivity index (χ1) is 9.15. The van der Waals surface area contributed by atoms with E-state index in [1.165, 1.54) is 6.42 Å². The lowest BCUT2D eigenvalue weighted by Crippen LogP contribution is -2.44. The molecule has 1 aromatic heterocycles. The third-order valence-corrected chi connectivity index (χ3v) is 6.31. The molecule has 106 valence electrons. The first-order valence-corrected chi connectivity index (χ1v) is 8.70. The molecule has 3 rings (SSSR count). The molecule has 0 amide bonds. The Morgan fingerprint density at radius 3 is 2.79 bits per heavy atom. The maximum atomic E-state index is 12.4. The standard InChI is InChI=1S/C13H21N3O2S/c17-19(18,13-4-2-1-3-5-13)15-11-6-7-16-10-14-9-12(16)8-11/h9-11,13,15H,1-8H2/t11-/m1/s1. The fourth-order valence-electron chi connectivity index (χ4n) is 3.17. The Bertz CT molecular complexity index is 532. The van der Waals surface area contributed by atoms with Crippen molar-refractivity contribution in [2.45, 2.75) is 62.8 Å². The maximum Gasteiger partial charge on any atom is 0.214 e. The molecule has 1 fully saturated rings. The largest absolute Gasteiger partial charge is 0.334 e. The van der Waals surface area contributed by atoms with Crippen molar-refractivity contribution in [3.05, 3.63) is 18.2 Å². The van der Waals surface area contributed by atoms with Crippen LogP contribution in [-0.4, -0.2) is 29.3 Å². The SMILES string of the molecule is O=S(=O)(N[C@@H]1CCn2cncc2C1)C1CCCCC1. The zero-order chi connectivity index (χ0) is 13.3. The predicted octanol–water partition coefficient (Wildman–Crippen LogP) is 1.45. The summed E-state index contributed by atoms with van der Waals surface area (Å²) in [6, 6.07) is 0.0381. The van der Waals surface area contributed by atoms with Crippen molar-refractivity contribution in [3.8, 4) is 0 Å². The molecule has 1 aromatic rings. The lowest BCUT2D eigenvalue weighted by atomic mass is 10.0. The molecule has 0 radical (unpaired) electrons. The van der Waals surface area contributed by atoms with Crippen LogP contribution in [-0.2, 0) is 23.0 Å². The van der Waals surface area contributed by atoms with Gasteiger partial charge in [-0.15, -0.1) is 0 Å². The van der Waals surface area contributed by atoms with E-state index in [9.17, 15) is 8.42 Å². The van der Waals surface area contributed by atoms with E-state index in [0.717, 1.165) is 50.8 Å². The molecular formula is C13H21N3O2S. The van der Waals surface area contributed by atoms with Crippen LogP contribution < -0.4 is 4.72 Å². The van der Waals surface area contributed by atoms with Crippen LogP contribution in [0.25, 0.3) is 0 Å². The normalized spacial score (nSPS) is 25.2. The van der Waals surface area contributed by atoms with Crippen molar-refractivity contribution in [3.63, 3.8) is 0 Å². The lowest BCUT2D eigenvalue weighted by molar-refractivity contribution is 0.426. The van der Waals surface area contributed by atoms with Gasteiger partial charge in [-0.2, -0.15) is 0 Å². The maximum absolute atomic E-state index is 12.4. The highest BCUT2D eigenvalue weighted by Crippen LogP contribution is 2.24. The predicted molar refractivity (Wildman–Crippen MR) is 73.3 cm³/mol. The van der Waals surface area contributed by atoms with Crippen molar-refractivity contribution in [1.82, 2.24) is 14.3 Å². The van der Waals surface area contributed by atoms with Gasteiger partial charge < -0.3 is 4.57 Å². The molecular weight excluding hydrogens is 262 g/mol. The molecule has 0 aromatic carbocycles. The minimum atomic E-state index is -3.15. The number of aromatic nitrogens is 2. The second kappa shape index (κ2) is 5.25. The fraction of sp³-hybridized carbons (Fsp3) is 0.769. The third kappa shape index (κ3) is 2.84. The van der Waals surface area contributed by atoms with Gasteiger partial charge in [0.05, 0.1) is 11.6 Å². The van der Waals surface area contributed by atoms with Crippen LogP contribution in [0.5, 0.6) is 0 Å². The highest BCUT2D eigenvalue weighted by molar-refractivity contribution is 7.90. The third-order valence-electron chi connectivity index (χ3n) is 4.29. The van der Waals surface area contributed by atoms with Gasteiger partial charge in [0, 0.05) is 30.9 Å². The summed E-state index contributed by atoms with van der Waals surface area (Å²) < 4.78 is 29.8.